The molecule has 1 aliphatic carbocycles. The summed E-state index contributed by atoms with van der Waals surface area (Å²) in [7, 11) is 0. The van der Waals surface area contributed by atoms with Gasteiger partial charge in [-0.15, -0.1) is 0 Å². The average Bonchev–Trinajstić information content (AvgIpc) is 2.74. The summed E-state index contributed by atoms with van der Waals surface area (Å²) in [5.41, 5.74) is 2.04. The summed E-state index contributed by atoms with van der Waals surface area (Å²) >= 11 is 0. The maximum absolute atomic E-state index is 12.2. The molecule has 1 aromatic rings. The van der Waals surface area contributed by atoms with E-state index < -0.39 is 0 Å². The predicted molar refractivity (Wildman–Crippen MR) is 86.3 cm³/mol. The molecule has 2 rings (SSSR count). The molecule has 0 atom stereocenters. The Morgan fingerprint density at radius 1 is 1.19 bits per heavy atom. The Balaban J connectivity index is 1.83. The van der Waals surface area contributed by atoms with Gasteiger partial charge in [-0.3, -0.25) is 4.79 Å². The summed E-state index contributed by atoms with van der Waals surface area (Å²) < 4.78 is 0. The Bertz CT molecular complexity index is 437. The van der Waals surface area contributed by atoms with Crippen molar-refractivity contribution >= 4 is 11.6 Å². The van der Waals surface area contributed by atoms with Crippen LogP contribution in [0.25, 0.3) is 0 Å². The second kappa shape index (κ2) is 8.83. The Morgan fingerprint density at radius 3 is 2.67 bits per heavy atom. The molecular formula is C18H27NO2. The first kappa shape index (κ1) is 16.0. The zero-order valence-corrected chi connectivity index (χ0v) is 12.8. The summed E-state index contributed by atoms with van der Waals surface area (Å²) in [4.78, 5) is 12.2. The van der Waals surface area contributed by atoms with Crippen LogP contribution in [0.3, 0.4) is 0 Å². The Kier molecular flexibility index (Phi) is 6.74. The van der Waals surface area contributed by atoms with Crippen molar-refractivity contribution in [3.63, 3.8) is 0 Å². The third-order valence-electron chi connectivity index (χ3n) is 4.28. The number of carbonyl (C=O) groups excluding carboxylic acids is 1. The molecule has 1 fully saturated rings. The Hall–Kier alpha value is -1.35. The van der Waals surface area contributed by atoms with E-state index in [1.165, 1.54) is 38.5 Å². The number of rotatable bonds is 6. The van der Waals surface area contributed by atoms with Gasteiger partial charge in [-0.1, -0.05) is 37.8 Å². The second-order valence-electron chi connectivity index (χ2n) is 6.14. The molecule has 0 bridgehead atoms. The van der Waals surface area contributed by atoms with Crippen LogP contribution in [0.5, 0.6) is 0 Å². The van der Waals surface area contributed by atoms with Gasteiger partial charge in [0, 0.05) is 18.7 Å². The SMILES string of the molecule is O=C(CC1CCCCCC1)Nc1cccc(CCCO)c1. The molecule has 3 nitrogen and oxygen atoms in total. The number of aliphatic hydroxyl groups is 1. The lowest BCUT2D eigenvalue weighted by Gasteiger charge is -2.14. The summed E-state index contributed by atoms with van der Waals surface area (Å²) in [5.74, 6) is 0.700. The van der Waals surface area contributed by atoms with E-state index in [4.69, 9.17) is 5.11 Å². The van der Waals surface area contributed by atoms with Crippen molar-refractivity contribution in [2.75, 3.05) is 11.9 Å². The van der Waals surface area contributed by atoms with Crippen LogP contribution in [0.4, 0.5) is 5.69 Å². The number of aryl methyl sites for hydroxylation is 1. The zero-order valence-electron chi connectivity index (χ0n) is 12.8. The fourth-order valence-corrected chi connectivity index (χ4v) is 3.13. The first-order chi connectivity index (χ1) is 10.3. The lowest BCUT2D eigenvalue weighted by molar-refractivity contribution is -0.117. The quantitative estimate of drug-likeness (QED) is 0.780. The van der Waals surface area contributed by atoms with Gasteiger partial charge in [0.1, 0.15) is 0 Å². The molecule has 0 spiro atoms. The predicted octanol–water partition coefficient (Wildman–Crippen LogP) is 3.91. The van der Waals surface area contributed by atoms with Crippen LogP contribution >= 0.6 is 0 Å². The number of amides is 1. The molecule has 1 saturated carbocycles. The minimum atomic E-state index is 0.140. The van der Waals surface area contributed by atoms with Crippen molar-refractivity contribution in [2.24, 2.45) is 5.92 Å². The standard InChI is InChI=1S/C18H27NO2/c20-12-6-10-15-9-5-11-17(13-15)19-18(21)14-16-7-3-1-2-4-8-16/h5,9,11,13,16,20H,1-4,6-8,10,12,14H2,(H,19,21). The topological polar surface area (TPSA) is 49.3 Å². The first-order valence-electron chi connectivity index (χ1n) is 8.27. The van der Waals surface area contributed by atoms with Crippen molar-refractivity contribution in [3.8, 4) is 0 Å². The fourth-order valence-electron chi connectivity index (χ4n) is 3.13. The molecule has 21 heavy (non-hydrogen) atoms. The number of hydrogen-bond acceptors (Lipinski definition) is 2. The van der Waals surface area contributed by atoms with Crippen LogP contribution in [-0.4, -0.2) is 17.6 Å². The first-order valence-corrected chi connectivity index (χ1v) is 8.27. The number of carbonyl (C=O) groups is 1. The lowest BCUT2D eigenvalue weighted by atomic mass is 9.96. The highest BCUT2D eigenvalue weighted by Gasteiger charge is 2.16. The maximum atomic E-state index is 12.2. The van der Waals surface area contributed by atoms with Gasteiger partial charge >= 0.3 is 0 Å². The van der Waals surface area contributed by atoms with Gasteiger partial charge in [-0.25, -0.2) is 0 Å². The zero-order chi connectivity index (χ0) is 14.9. The normalized spacial score (nSPS) is 16.4. The van der Waals surface area contributed by atoms with Crippen molar-refractivity contribution in [1.29, 1.82) is 0 Å². The number of benzene rings is 1. The smallest absolute Gasteiger partial charge is 0.224 e. The minimum absolute atomic E-state index is 0.140. The maximum Gasteiger partial charge on any atom is 0.224 e. The van der Waals surface area contributed by atoms with Gasteiger partial charge in [-0.2, -0.15) is 0 Å². The molecule has 1 aromatic carbocycles. The molecule has 116 valence electrons. The molecular weight excluding hydrogens is 262 g/mol. The molecule has 0 saturated heterocycles. The largest absolute Gasteiger partial charge is 0.396 e. The molecule has 0 unspecified atom stereocenters. The van der Waals surface area contributed by atoms with Crippen LogP contribution in [0.2, 0.25) is 0 Å². The molecule has 3 heteroatoms. The second-order valence-corrected chi connectivity index (χ2v) is 6.14. The van der Waals surface area contributed by atoms with Gasteiger partial charge in [0.25, 0.3) is 0 Å². The van der Waals surface area contributed by atoms with E-state index in [1.807, 2.05) is 24.3 Å². The molecule has 1 amide bonds. The van der Waals surface area contributed by atoms with Gasteiger partial charge in [0.2, 0.25) is 5.91 Å². The van der Waals surface area contributed by atoms with Crippen LogP contribution in [0, 0.1) is 5.92 Å². The number of hydrogen-bond donors (Lipinski definition) is 2. The number of anilines is 1. The Morgan fingerprint density at radius 2 is 1.95 bits per heavy atom. The van der Waals surface area contributed by atoms with Crippen molar-refractivity contribution in [3.05, 3.63) is 29.8 Å². The van der Waals surface area contributed by atoms with Crippen LogP contribution in [0.1, 0.15) is 56.9 Å². The number of nitrogens with one attached hydrogen (secondary N) is 1. The molecule has 0 aromatic heterocycles. The Labute approximate surface area is 127 Å². The van der Waals surface area contributed by atoms with Crippen molar-refractivity contribution in [2.45, 2.75) is 57.8 Å². The van der Waals surface area contributed by atoms with Crippen LogP contribution in [-0.2, 0) is 11.2 Å². The highest BCUT2D eigenvalue weighted by molar-refractivity contribution is 5.90. The molecule has 1 aliphatic rings. The third-order valence-corrected chi connectivity index (χ3v) is 4.28. The molecule has 0 aliphatic heterocycles. The van der Waals surface area contributed by atoms with E-state index in [2.05, 4.69) is 5.32 Å². The van der Waals surface area contributed by atoms with E-state index in [0.717, 1.165) is 24.1 Å². The average molecular weight is 289 g/mol. The van der Waals surface area contributed by atoms with Gasteiger partial charge in [0.05, 0.1) is 0 Å². The summed E-state index contributed by atoms with van der Waals surface area (Å²) in [6.07, 6.45) is 9.86. The van der Waals surface area contributed by atoms with Gasteiger partial charge in [-0.05, 0) is 49.3 Å². The van der Waals surface area contributed by atoms with E-state index in [9.17, 15) is 4.79 Å². The van der Waals surface area contributed by atoms with Gasteiger partial charge < -0.3 is 10.4 Å². The van der Waals surface area contributed by atoms with E-state index in [-0.39, 0.29) is 12.5 Å². The summed E-state index contributed by atoms with van der Waals surface area (Å²) in [5, 5.41) is 11.9. The molecule has 0 heterocycles. The van der Waals surface area contributed by atoms with Crippen LogP contribution < -0.4 is 5.32 Å². The monoisotopic (exact) mass is 289 g/mol. The fraction of sp³-hybridized carbons (Fsp3) is 0.611. The minimum Gasteiger partial charge on any atom is -0.396 e. The van der Waals surface area contributed by atoms with Crippen molar-refractivity contribution < 1.29 is 9.90 Å². The molecule has 0 radical (unpaired) electrons. The number of aliphatic hydroxyl groups excluding tert-OH is 1. The molecule has 2 N–H and O–H groups in total. The third kappa shape index (κ3) is 5.88. The summed E-state index contributed by atoms with van der Waals surface area (Å²) in [6.45, 7) is 0.207. The van der Waals surface area contributed by atoms with Crippen LogP contribution in [0.15, 0.2) is 24.3 Å². The highest BCUT2D eigenvalue weighted by Crippen LogP contribution is 2.25. The highest BCUT2D eigenvalue weighted by atomic mass is 16.2. The summed E-state index contributed by atoms with van der Waals surface area (Å²) in [6, 6.07) is 7.96. The van der Waals surface area contributed by atoms with Crippen molar-refractivity contribution in [1.82, 2.24) is 0 Å². The lowest BCUT2D eigenvalue weighted by Crippen LogP contribution is -2.16. The van der Waals surface area contributed by atoms with E-state index in [0.29, 0.717) is 12.3 Å². The van der Waals surface area contributed by atoms with Gasteiger partial charge in [0.15, 0.2) is 0 Å². The van der Waals surface area contributed by atoms with E-state index in [1.54, 1.807) is 0 Å². The van der Waals surface area contributed by atoms with E-state index >= 15 is 0 Å².